The lowest BCUT2D eigenvalue weighted by Gasteiger charge is -2.12. The first-order valence-electron chi connectivity index (χ1n) is 10.6. The van der Waals surface area contributed by atoms with Crippen LogP contribution in [0.4, 0.5) is 0 Å². The lowest BCUT2D eigenvalue weighted by molar-refractivity contribution is 1.16. The van der Waals surface area contributed by atoms with Crippen molar-refractivity contribution in [1.82, 2.24) is 19.4 Å². The van der Waals surface area contributed by atoms with Crippen LogP contribution in [0.1, 0.15) is 22.4 Å². The van der Waals surface area contributed by atoms with E-state index in [1.165, 1.54) is 39.1 Å². The van der Waals surface area contributed by atoms with Gasteiger partial charge in [0.1, 0.15) is 16.7 Å². The van der Waals surface area contributed by atoms with Crippen LogP contribution in [-0.4, -0.2) is 19.4 Å². The van der Waals surface area contributed by atoms with Crippen LogP contribution in [0.3, 0.4) is 0 Å². The van der Waals surface area contributed by atoms with Gasteiger partial charge in [-0.2, -0.15) is 0 Å². The van der Waals surface area contributed by atoms with Gasteiger partial charge in [-0.25, -0.2) is 4.98 Å². The number of imidazole rings is 1. The highest BCUT2D eigenvalue weighted by molar-refractivity contribution is 6.09. The molecule has 0 aliphatic heterocycles. The van der Waals surface area contributed by atoms with Crippen molar-refractivity contribution in [3.63, 3.8) is 0 Å². The number of aromatic nitrogens is 4. The number of hydrogen-bond acceptors (Lipinski definition) is 3. The van der Waals surface area contributed by atoms with Gasteiger partial charge in [-0.15, -0.1) is 0 Å². The summed E-state index contributed by atoms with van der Waals surface area (Å²) in [5.41, 5.74) is 14.6. The number of pyridine rings is 3. The molecule has 0 fully saturated rings. The van der Waals surface area contributed by atoms with Gasteiger partial charge in [-0.05, 0) is 58.5 Å². The fourth-order valence-electron chi connectivity index (χ4n) is 5.69. The third kappa shape index (κ3) is 1.84. The molecule has 4 heterocycles. The van der Waals surface area contributed by atoms with Crippen LogP contribution in [0.25, 0.3) is 50.0 Å². The summed E-state index contributed by atoms with van der Waals surface area (Å²) in [6.07, 6.45) is 5.57. The van der Waals surface area contributed by atoms with E-state index in [-0.39, 0.29) is 0 Å². The van der Waals surface area contributed by atoms with E-state index < -0.39 is 0 Å². The van der Waals surface area contributed by atoms with Crippen LogP contribution in [0, 0.1) is 0 Å². The van der Waals surface area contributed by atoms with Crippen molar-refractivity contribution in [3.05, 3.63) is 95.4 Å². The summed E-state index contributed by atoms with van der Waals surface area (Å²) in [5.74, 6) is 0. The summed E-state index contributed by atoms with van der Waals surface area (Å²) in [6, 6.07) is 21.6. The summed E-state index contributed by atoms with van der Waals surface area (Å²) in [7, 11) is 0. The standard InChI is InChI=1S/C27H16N4/c1-2-6-17-15(5-1)13-16-9-10-18-20(23(16)17)14-21-26(18)31-22-8-4-12-29-25(22)24-19(27(31)30-21)7-3-11-28-24/h1-12H,13-14H2. The van der Waals surface area contributed by atoms with Gasteiger partial charge in [0.15, 0.2) is 0 Å². The van der Waals surface area contributed by atoms with Gasteiger partial charge < -0.3 is 0 Å². The Bertz CT molecular complexity index is 1740. The molecule has 2 aliphatic carbocycles. The number of rotatable bonds is 0. The Hall–Kier alpha value is -4.05. The van der Waals surface area contributed by atoms with Gasteiger partial charge in [0.25, 0.3) is 0 Å². The molecule has 6 aromatic rings. The molecule has 4 aromatic heterocycles. The highest BCUT2D eigenvalue weighted by Crippen LogP contribution is 2.48. The molecular formula is C27H16N4. The van der Waals surface area contributed by atoms with Crippen LogP contribution in [-0.2, 0) is 12.8 Å². The zero-order valence-electron chi connectivity index (χ0n) is 16.6. The number of fused-ring (bicyclic) bond motifs is 14. The van der Waals surface area contributed by atoms with E-state index >= 15 is 0 Å². The Labute approximate surface area is 177 Å². The molecule has 0 unspecified atom stereocenters. The number of benzene rings is 2. The van der Waals surface area contributed by atoms with Crippen molar-refractivity contribution < 1.29 is 0 Å². The van der Waals surface area contributed by atoms with Gasteiger partial charge in [0.05, 0.1) is 16.9 Å². The fraction of sp³-hybridized carbons (Fsp3) is 0.0741. The topological polar surface area (TPSA) is 43.1 Å². The molecule has 31 heavy (non-hydrogen) atoms. The first-order chi connectivity index (χ1) is 15.4. The molecule has 0 spiro atoms. The molecule has 0 amide bonds. The zero-order valence-corrected chi connectivity index (χ0v) is 16.6. The molecule has 2 aromatic carbocycles. The van der Waals surface area contributed by atoms with Gasteiger partial charge in [0.2, 0.25) is 0 Å². The second-order valence-electron chi connectivity index (χ2n) is 8.47. The minimum Gasteiger partial charge on any atom is -0.290 e. The maximum atomic E-state index is 5.16. The van der Waals surface area contributed by atoms with Crippen LogP contribution < -0.4 is 0 Å². The Morgan fingerprint density at radius 2 is 1.58 bits per heavy atom. The van der Waals surface area contributed by atoms with E-state index in [0.717, 1.165) is 46.1 Å². The maximum Gasteiger partial charge on any atom is 0.147 e. The Kier molecular flexibility index (Phi) is 2.72. The van der Waals surface area contributed by atoms with E-state index in [4.69, 9.17) is 9.97 Å². The van der Waals surface area contributed by atoms with Crippen LogP contribution in [0.15, 0.2) is 73.1 Å². The molecule has 4 heteroatoms. The summed E-state index contributed by atoms with van der Waals surface area (Å²) in [5, 5.41) is 1.05. The van der Waals surface area contributed by atoms with Crippen molar-refractivity contribution in [1.29, 1.82) is 0 Å². The minimum atomic E-state index is 0.868. The van der Waals surface area contributed by atoms with E-state index in [9.17, 15) is 0 Å². The molecule has 144 valence electrons. The van der Waals surface area contributed by atoms with E-state index in [2.05, 4.69) is 57.9 Å². The average molecular weight is 396 g/mol. The van der Waals surface area contributed by atoms with Crippen molar-refractivity contribution in [3.8, 4) is 22.4 Å². The predicted molar refractivity (Wildman–Crippen MR) is 122 cm³/mol. The number of nitrogens with zero attached hydrogens (tertiary/aromatic N) is 4. The van der Waals surface area contributed by atoms with E-state index in [1.54, 1.807) is 0 Å². The van der Waals surface area contributed by atoms with Gasteiger partial charge in [0, 0.05) is 29.8 Å². The first kappa shape index (κ1) is 15.7. The minimum absolute atomic E-state index is 0.868. The molecule has 0 N–H and O–H groups in total. The molecule has 0 bridgehead atoms. The smallest absolute Gasteiger partial charge is 0.147 e. The van der Waals surface area contributed by atoms with Gasteiger partial charge in [-0.1, -0.05) is 36.4 Å². The first-order valence-corrected chi connectivity index (χ1v) is 10.6. The SMILES string of the molecule is c1ccc2c(c1)Cc1ccc3c(c1-2)Cc1nc2c4cccnc4c4ncccc4n2c1-3. The van der Waals surface area contributed by atoms with Crippen LogP contribution >= 0.6 is 0 Å². The summed E-state index contributed by atoms with van der Waals surface area (Å²) < 4.78 is 2.31. The largest absolute Gasteiger partial charge is 0.290 e. The van der Waals surface area contributed by atoms with Gasteiger partial charge >= 0.3 is 0 Å². The van der Waals surface area contributed by atoms with Gasteiger partial charge in [-0.3, -0.25) is 14.4 Å². The molecule has 2 aliphatic rings. The van der Waals surface area contributed by atoms with Crippen LogP contribution in [0.2, 0.25) is 0 Å². The van der Waals surface area contributed by atoms with E-state index in [0.29, 0.717) is 0 Å². The molecule has 0 saturated carbocycles. The molecule has 8 rings (SSSR count). The fourth-order valence-corrected chi connectivity index (χ4v) is 5.69. The highest BCUT2D eigenvalue weighted by Gasteiger charge is 2.32. The normalized spacial score (nSPS) is 13.5. The number of hydrogen-bond donors (Lipinski definition) is 0. The lowest BCUT2D eigenvalue weighted by Crippen LogP contribution is -1.97. The monoisotopic (exact) mass is 396 g/mol. The third-order valence-electron chi connectivity index (χ3n) is 6.92. The Morgan fingerprint density at radius 3 is 2.55 bits per heavy atom. The van der Waals surface area contributed by atoms with Crippen molar-refractivity contribution in [2.75, 3.05) is 0 Å². The highest BCUT2D eigenvalue weighted by atomic mass is 15.1. The van der Waals surface area contributed by atoms with E-state index in [1.807, 2.05) is 24.5 Å². The summed E-state index contributed by atoms with van der Waals surface area (Å²) in [4.78, 5) is 14.5. The quantitative estimate of drug-likeness (QED) is 0.315. The molecule has 4 nitrogen and oxygen atoms in total. The lowest BCUT2D eigenvalue weighted by atomic mass is 9.96. The van der Waals surface area contributed by atoms with Crippen molar-refractivity contribution in [2.45, 2.75) is 12.8 Å². The van der Waals surface area contributed by atoms with Crippen LogP contribution in [0.5, 0.6) is 0 Å². The predicted octanol–water partition coefficient (Wildman–Crippen LogP) is 5.57. The molecule has 0 radical (unpaired) electrons. The third-order valence-corrected chi connectivity index (χ3v) is 6.92. The Balaban J connectivity index is 1.53. The average Bonchev–Trinajstić information content (AvgIpc) is 3.48. The molecular weight excluding hydrogens is 380 g/mol. The molecule has 0 saturated heterocycles. The second-order valence-corrected chi connectivity index (χ2v) is 8.47. The summed E-state index contributed by atoms with van der Waals surface area (Å²) >= 11 is 0. The second kappa shape index (κ2) is 5.35. The Morgan fingerprint density at radius 1 is 0.710 bits per heavy atom. The van der Waals surface area contributed by atoms with Crippen molar-refractivity contribution in [2.24, 2.45) is 0 Å². The summed E-state index contributed by atoms with van der Waals surface area (Å²) in [6.45, 7) is 0. The molecule has 0 atom stereocenters. The maximum absolute atomic E-state index is 5.16. The zero-order chi connectivity index (χ0) is 20.1. The van der Waals surface area contributed by atoms with Crippen molar-refractivity contribution >= 4 is 27.6 Å².